The summed E-state index contributed by atoms with van der Waals surface area (Å²) in [5, 5.41) is 0.254. The van der Waals surface area contributed by atoms with Gasteiger partial charge in [-0.15, -0.1) is 0 Å². The zero-order valence-electron chi connectivity index (χ0n) is 18.0. The molecule has 4 aromatic carbocycles. The first-order valence-corrected chi connectivity index (χ1v) is 10.6. The quantitative estimate of drug-likeness (QED) is 0.213. The summed E-state index contributed by atoms with van der Waals surface area (Å²) in [5.74, 6) is -3.63. The van der Waals surface area contributed by atoms with Crippen LogP contribution in [0.15, 0.2) is 67.5 Å². The molecule has 2 aromatic heterocycles. The molecule has 0 spiro atoms. The normalized spacial score (nSPS) is 11.9. The molecule has 0 aliphatic heterocycles. The Morgan fingerprint density at radius 3 is 2.23 bits per heavy atom. The van der Waals surface area contributed by atoms with Gasteiger partial charge in [-0.2, -0.15) is 4.39 Å². The van der Waals surface area contributed by atoms with Gasteiger partial charge in [0.2, 0.25) is 11.2 Å². The minimum Gasteiger partial charge on any atom is -0.462 e. The number of esters is 1. The number of benzene rings is 4. The molecule has 0 amide bonds. The van der Waals surface area contributed by atoms with E-state index in [1.807, 2.05) is 0 Å². The first-order chi connectivity index (χ1) is 16.8. The highest BCUT2D eigenvalue weighted by molar-refractivity contribution is 6.06. The summed E-state index contributed by atoms with van der Waals surface area (Å²) in [4.78, 5) is 51.8. The number of aromatic nitrogens is 1. The van der Waals surface area contributed by atoms with Gasteiger partial charge in [-0.1, -0.05) is 24.3 Å². The first kappa shape index (κ1) is 20.9. The summed E-state index contributed by atoms with van der Waals surface area (Å²) in [6, 6.07) is 9.69. The molecular formula is C26H13F2NO6. The zero-order valence-corrected chi connectivity index (χ0v) is 18.0. The third-order valence-corrected chi connectivity index (χ3v) is 6.11. The fourth-order valence-corrected chi connectivity index (χ4v) is 4.53. The van der Waals surface area contributed by atoms with Gasteiger partial charge in [0.1, 0.15) is 11.1 Å². The molecule has 6 rings (SSSR count). The van der Waals surface area contributed by atoms with Gasteiger partial charge in [0.15, 0.2) is 27.8 Å². The van der Waals surface area contributed by atoms with Crippen LogP contribution in [-0.4, -0.2) is 17.0 Å². The second-order valence-corrected chi connectivity index (χ2v) is 8.03. The average Bonchev–Trinajstić information content (AvgIpc) is 2.86. The van der Waals surface area contributed by atoms with Crippen molar-refractivity contribution in [3.8, 4) is 0 Å². The lowest BCUT2D eigenvalue weighted by Gasteiger charge is -2.14. The number of ether oxygens (including phenoxy) is 1. The van der Waals surface area contributed by atoms with Crippen molar-refractivity contribution in [3.63, 3.8) is 0 Å². The Morgan fingerprint density at radius 1 is 0.914 bits per heavy atom. The van der Waals surface area contributed by atoms with Crippen molar-refractivity contribution in [2.75, 3.05) is 6.61 Å². The maximum Gasteiger partial charge on any atom is 0.343 e. The summed E-state index contributed by atoms with van der Waals surface area (Å²) in [6.07, 6.45) is 1.14. The van der Waals surface area contributed by atoms with E-state index < -0.39 is 45.0 Å². The molecule has 0 radical (unpaired) electrons. The Kier molecular flexibility index (Phi) is 4.28. The Hall–Kier alpha value is -4.66. The Balaban J connectivity index is 1.90. The summed E-state index contributed by atoms with van der Waals surface area (Å²) in [6.45, 7) is 1.55. The van der Waals surface area contributed by atoms with E-state index in [0.29, 0.717) is 6.07 Å². The highest BCUT2D eigenvalue weighted by atomic mass is 19.2. The van der Waals surface area contributed by atoms with Crippen LogP contribution in [0.25, 0.3) is 49.1 Å². The van der Waals surface area contributed by atoms with Gasteiger partial charge in [-0.25, -0.2) is 9.18 Å². The smallest absolute Gasteiger partial charge is 0.343 e. The topological polar surface area (TPSA) is 95.1 Å². The maximum atomic E-state index is 14.8. The fourth-order valence-electron chi connectivity index (χ4n) is 4.53. The summed E-state index contributed by atoms with van der Waals surface area (Å²) >= 11 is 0. The number of fused-ring (bicyclic) bond motifs is 4. The van der Waals surface area contributed by atoms with E-state index in [1.54, 1.807) is 25.1 Å². The van der Waals surface area contributed by atoms with Crippen LogP contribution in [0.5, 0.6) is 0 Å². The molecule has 0 N–H and O–H groups in total. The number of nitrogens with zero attached hydrogens (tertiary/aromatic N) is 1. The van der Waals surface area contributed by atoms with E-state index in [2.05, 4.69) is 0 Å². The molecule has 0 unspecified atom stereocenters. The van der Waals surface area contributed by atoms with Crippen LogP contribution in [0, 0.1) is 11.6 Å². The van der Waals surface area contributed by atoms with Gasteiger partial charge < -0.3 is 13.6 Å². The van der Waals surface area contributed by atoms with Crippen molar-refractivity contribution in [3.05, 3.63) is 96.5 Å². The first-order valence-electron chi connectivity index (χ1n) is 10.6. The van der Waals surface area contributed by atoms with Crippen molar-refractivity contribution in [2.24, 2.45) is 0 Å². The molecule has 35 heavy (non-hydrogen) atoms. The molecular weight excluding hydrogens is 460 g/mol. The van der Waals surface area contributed by atoms with Crippen molar-refractivity contribution in [1.82, 2.24) is 4.40 Å². The zero-order chi connectivity index (χ0) is 24.6. The molecule has 0 aliphatic carbocycles. The predicted octanol–water partition coefficient (Wildman–Crippen LogP) is 4.12. The standard InChI is InChI=1S/C26H13F2NO6/c1-2-34-26(33)16-10-29-18-8-13-14(23(31)12-6-4-3-5-11(12)22(13)30)9-19(18)35-25-20(28)17(27)7-15(21(25)29)24(16)32/h3-10H,2H2,1H3. The predicted molar refractivity (Wildman–Crippen MR) is 126 cm³/mol. The summed E-state index contributed by atoms with van der Waals surface area (Å²) in [5.41, 5.74) is -2.69. The second-order valence-electron chi connectivity index (χ2n) is 8.03. The van der Waals surface area contributed by atoms with E-state index in [-0.39, 0.29) is 50.2 Å². The third kappa shape index (κ3) is 2.75. The number of carbonyl (C=O) groups is 1. The molecule has 172 valence electrons. The number of rotatable bonds is 2. The molecule has 2 heterocycles. The highest BCUT2D eigenvalue weighted by Crippen LogP contribution is 2.31. The van der Waals surface area contributed by atoms with Gasteiger partial charge in [-0.3, -0.25) is 14.4 Å². The van der Waals surface area contributed by atoms with Gasteiger partial charge in [0.25, 0.3) is 0 Å². The molecule has 9 heteroatoms. The third-order valence-electron chi connectivity index (χ3n) is 6.11. The van der Waals surface area contributed by atoms with E-state index in [4.69, 9.17) is 9.15 Å². The fraction of sp³-hybridized carbons (Fsp3) is 0.0769. The monoisotopic (exact) mass is 473 g/mol. The van der Waals surface area contributed by atoms with E-state index in [1.165, 1.54) is 22.6 Å². The van der Waals surface area contributed by atoms with Crippen LogP contribution in [0.4, 0.5) is 8.78 Å². The van der Waals surface area contributed by atoms with Crippen molar-refractivity contribution in [2.45, 2.75) is 6.92 Å². The van der Waals surface area contributed by atoms with E-state index in [9.17, 15) is 28.0 Å². The molecule has 0 saturated heterocycles. The minimum atomic E-state index is -1.35. The van der Waals surface area contributed by atoms with E-state index in [0.717, 1.165) is 6.20 Å². The second kappa shape index (κ2) is 7.17. The van der Waals surface area contributed by atoms with Crippen LogP contribution >= 0.6 is 0 Å². The molecule has 0 atom stereocenters. The number of hydrogen-bond acceptors (Lipinski definition) is 6. The lowest BCUT2D eigenvalue weighted by Crippen LogP contribution is -2.20. The Labute approximate surface area is 192 Å². The maximum absolute atomic E-state index is 14.8. The van der Waals surface area contributed by atoms with Crippen molar-refractivity contribution in [1.29, 1.82) is 0 Å². The SMILES string of the molecule is CCOC(=O)c1cn2c3cc4c(=O)c5ccccc5c(=O)c4cc3oc3c(F)c(F)cc(c1=O)c32. The molecule has 0 fully saturated rings. The minimum absolute atomic E-state index is 0.0113. The molecule has 6 aromatic rings. The Morgan fingerprint density at radius 2 is 1.57 bits per heavy atom. The van der Waals surface area contributed by atoms with Crippen molar-refractivity contribution < 1.29 is 22.7 Å². The van der Waals surface area contributed by atoms with Crippen molar-refractivity contribution >= 4 is 55.1 Å². The summed E-state index contributed by atoms with van der Waals surface area (Å²) < 4.78 is 41.1. The largest absolute Gasteiger partial charge is 0.462 e. The lowest BCUT2D eigenvalue weighted by molar-refractivity contribution is 0.0524. The van der Waals surface area contributed by atoms with Crippen LogP contribution in [-0.2, 0) is 4.74 Å². The van der Waals surface area contributed by atoms with Crippen LogP contribution in [0.2, 0.25) is 0 Å². The van der Waals surface area contributed by atoms with Crippen LogP contribution in [0.3, 0.4) is 0 Å². The van der Waals surface area contributed by atoms with Gasteiger partial charge >= 0.3 is 5.97 Å². The van der Waals surface area contributed by atoms with Crippen LogP contribution in [0.1, 0.15) is 17.3 Å². The van der Waals surface area contributed by atoms with Crippen LogP contribution < -0.4 is 16.3 Å². The number of hydrogen-bond donors (Lipinski definition) is 0. The summed E-state index contributed by atoms with van der Waals surface area (Å²) in [7, 11) is 0. The van der Waals surface area contributed by atoms with Gasteiger partial charge in [0.05, 0.1) is 17.5 Å². The van der Waals surface area contributed by atoms with E-state index >= 15 is 0 Å². The molecule has 0 aliphatic rings. The average molecular weight is 473 g/mol. The number of carbonyl (C=O) groups excluding carboxylic acids is 1. The van der Waals surface area contributed by atoms with Gasteiger partial charge in [-0.05, 0) is 25.1 Å². The van der Waals surface area contributed by atoms with Gasteiger partial charge in [0, 0.05) is 27.7 Å². The highest BCUT2D eigenvalue weighted by Gasteiger charge is 2.24. The molecule has 7 nitrogen and oxygen atoms in total. The molecule has 0 saturated carbocycles. The lowest BCUT2D eigenvalue weighted by atomic mass is 10.0. The number of pyridine rings is 1. The number of halogens is 2. The molecule has 0 bridgehead atoms. The Bertz CT molecular complexity index is 2080.